The number of nitrogens with zero attached hydrogens (tertiary/aromatic N) is 3. The Morgan fingerprint density at radius 1 is 1.19 bits per heavy atom. The van der Waals surface area contributed by atoms with Crippen molar-refractivity contribution < 1.29 is 8.42 Å². The van der Waals surface area contributed by atoms with E-state index in [1.807, 2.05) is 17.5 Å². The van der Waals surface area contributed by atoms with Gasteiger partial charge in [-0.2, -0.15) is 4.31 Å². The third-order valence-corrected chi connectivity index (χ3v) is 9.89. The second-order valence-corrected chi connectivity index (χ2v) is 12.3. The van der Waals surface area contributed by atoms with Crippen LogP contribution in [0.4, 0.5) is 5.13 Å². The van der Waals surface area contributed by atoms with Crippen molar-refractivity contribution in [3.8, 4) is 0 Å². The molecule has 0 bridgehead atoms. The van der Waals surface area contributed by atoms with E-state index in [1.54, 1.807) is 52.9 Å². The molecule has 0 spiro atoms. The molecule has 2 unspecified atom stereocenters. The highest BCUT2D eigenvalue weighted by molar-refractivity contribution is 7.90. The summed E-state index contributed by atoms with van der Waals surface area (Å²) in [7, 11) is -3.55. The minimum atomic E-state index is -3.55. The topological polar surface area (TPSA) is 53.5 Å². The van der Waals surface area contributed by atoms with E-state index >= 15 is 0 Å². The van der Waals surface area contributed by atoms with Crippen molar-refractivity contribution in [1.29, 1.82) is 0 Å². The molecule has 2 heterocycles. The van der Waals surface area contributed by atoms with E-state index in [0.29, 0.717) is 42.6 Å². The van der Waals surface area contributed by atoms with Gasteiger partial charge >= 0.3 is 0 Å². The van der Waals surface area contributed by atoms with Gasteiger partial charge in [-0.1, -0.05) is 53.6 Å². The predicted molar refractivity (Wildman–Crippen MR) is 130 cm³/mol. The van der Waals surface area contributed by atoms with Crippen molar-refractivity contribution in [3.05, 3.63) is 69.2 Å². The summed E-state index contributed by atoms with van der Waals surface area (Å²) in [6.07, 6.45) is 7.55. The third kappa shape index (κ3) is 4.97. The van der Waals surface area contributed by atoms with E-state index < -0.39 is 20.1 Å². The van der Waals surface area contributed by atoms with Crippen molar-refractivity contribution in [2.75, 3.05) is 31.1 Å². The number of anilines is 1. The van der Waals surface area contributed by atoms with Crippen molar-refractivity contribution in [1.82, 2.24) is 9.29 Å². The number of thiazole rings is 1. The van der Waals surface area contributed by atoms with Crippen LogP contribution >= 0.6 is 46.1 Å². The maximum absolute atomic E-state index is 13.2. The molecule has 1 fully saturated rings. The second-order valence-electron chi connectivity index (χ2n) is 7.78. The molecular weight excluding hydrogens is 497 g/mol. The highest BCUT2D eigenvalue weighted by Gasteiger charge is 2.43. The number of rotatable bonds is 5. The van der Waals surface area contributed by atoms with Gasteiger partial charge in [0.05, 0.1) is 10.6 Å². The Hall–Kier alpha value is -1.09. The van der Waals surface area contributed by atoms with Crippen molar-refractivity contribution in [2.24, 2.45) is 0 Å². The minimum Gasteiger partial charge on any atom is -0.345 e. The van der Waals surface area contributed by atoms with Crippen LogP contribution in [0.5, 0.6) is 0 Å². The number of halogens is 3. The lowest BCUT2D eigenvalue weighted by Gasteiger charge is -2.38. The first-order chi connectivity index (χ1) is 14.7. The molecule has 1 aliphatic carbocycles. The monoisotopic (exact) mass is 517 g/mol. The molecule has 31 heavy (non-hydrogen) atoms. The van der Waals surface area contributed by atoms with Gasteiger partial charge in [0.1, 0.15) is 5.25 Å². The maximum Gasteiger partial charge on any atom is 0.222 e. The van der Waals surface area contributed by atoms with Gasteiger partial charge in [0, 0.05) is 48.0 Å². The fourth-order valence-electron chi connectivity index (χ4n) is 3.76. The zero-order valence-electron chi connectivity index (χ0n) is 16.8. The lowest BCUT2D eigenvalue weighted by molar-refractivity contribution is 0.379. The van der Waals surface area contributed by atoms with Gasteiger partial charge in [0.25, 0.3) is 0 Å². The summed E-state index contributed by atoms with van der Waals surface area (Å²) in [4.78, 5) is 5.91. The van der Waals surface area contributed by atoms with E-state index in [-0.39, 0.29) is 0 Å². The van der Waals surface area contributed by atoms with Crippen molar-refractivity contribution in [3.63, 3.8) is 0 Å². The van der Waals surface area contributed by atoms with Gasteiger partial charge < -0.3 is 4.90 Å². The second kappa shape index (κ2) is 9.04. The van der Waals surface area contributed by atoms with E-state index in [1.165, 1.54) is 0 Å². The lowest BCUT2D eigenvalue weighted by atomic mass is 10.0. The Morgan fingerprint density at radius 3 is 2.61 bits per heavy atom. The van der Waals surface area contributed by atoms with Crippen LogP contribution in [0.25, 0.3) is 0 Å². The Balaban J connectivity index is 1.40. The molecule has 2 aromatic rings. The first-order valence-electron chi connectivity index (χ1n) is 9.84. The average molecular weight is 519 g/mol. The normalized spacial score (nSPS) is 24.6. The van der Waals surface area contributed by atoms with Crippen LogP contribution in [0, 0.1) is 0 Å². The molecular formula is C21H22Cl3N3O2S2. The van der Waals surface area contributed by atoms with Crippen LogP contribution in [0.15, 0.2) is 47.9 Å². The van der Waals surface area contributed by atoms with Crippen LogP contribution in [0.3, 0.4) is 0 Å². The molecule has 10 heteroatoms. The Morgan fingerprint density at radius 2 is 1.94 bits per heavy atom. The Labute approximate surface area is 202 Å². The molecule has 1 saturated heterocycles. The molecule has 4 rings (SSSR count). The molecule has 5 nitrogen and oxygen atoms in total. The summed E-state index contributed by atoms with van der Waals surface area (Å²) in [6, 6.07) is 5.46. The zero-order chi connectivity index (χ0) is 22.2. The quantitative estimate of drug-likeness (QED) is 0.524. The fourth-order valence-corrected chi connectivity index (χ4v) is 7.54. The standard InChI is InChI=1S/C21H22Cl3N3O2S2/c1-21(24)7-3-2-4-19(21)31(28,29)27-10-8-26(9-11-27)20-25-17(14-30-20)12-15-5-6-16(22)13-18(15)23/h2-7,13-14,19H,8-12H2,1H3. The molecule has 0 saturated carbocycles. The van der Waals surface area contributed by atoms with Gasteiger partial charge in [-0.15, -0.1) is 22.9 Å². The maximum atomic E-state index is 13.2. The largest absolute Gasteiger partial charge is 0.345 e. The number of allylic oxidation sites excluding steroid dienone is 3. The number of piperazine rings is 1. The zero-order valence-corrected chi connectivity index (χ0v) is 20.7. The smallest absolute Gasteiger partial charge is 0.222 e. The third-order valence-electron chi connectivity index (χ3n) is 5.49. The first-order valence-corrected chi connectivity index (χ1v) is 13.4. The Kier molecular flexibility index (Phi) is 6.73. The molecule has 2 aliphatic rings. The van der Waals surface area contributed by atoms with Crippen LogP contribution < -0.4 is 4.90 Å². The number of hydrogen-bond acceptors (Lipinski definition) is 5. The molecule has 0 amide bonds. The molecule has 1 aromatic heterocycles. The van der Waals surface area contributed by atoms with Crippen LogP contribution in [-0.4, -0.2) is 54.0 Å². The number of sulfonamides is 1. The summed E-state index contributed by atoms with van der Waals surface area (Å²) >= 11 is 20.3. The molecule has 166 valence electrons. The van der Waals surface area contributed by atoms with E-state index in [9.17, 15) is 8.42 Å². The highest BCUT2D eigenvalue weighted by atomic mass is 35.5. The summed E-state index contributed by atoms with van der Waals surface area (Å²) in [6.45, 7) is 3.71. The SMILES string of the molecule is CC1(Cl)C=CC=CC1S(=O)(=O)N1CCN(c2nc(Cc3ccc(Cl)cc3Cl)cs2)CC1. The van der Waals surface area contributed by atoms with E-state index in [2.05, 4.69) is 4.90 Å². The van der Waals surface area contributed by atoms with Crippen LogP contribution in [-0.2, 0) is 16.4 Å². The fraction of sp³-hybridized carbons (Fsp3) is 0.381. The van der Waals surface area contributed by atoms with Crippen molar-refractivity contribution in [2.45, 2.75) is 23.5 Å². The summed E-state index contributed by atoms with van der Waals surface area (Å²) < 4.78 is 27.9. The average Bonchev–Trinajstić information content (AvgIpc) is 3.18. The minimum absolute atomic E-state index is 0.404. The number of hydrogen-bond donors (Lipinski definition) is 0. The Bertz CT molecular complexity index is 1120. The summed E-state index contributed by atoms with van der Waals surface area (Å²) in [5, 5.41) is 3.36. The van der Waals surface area contributed by atoms with Gasteiger partial charge in [0.2, 0.25) is 10.0 Å². The number of aromatic nitrogens is 1. The van der Waals surface area contributed by atoms with Gasteiger partial charge in [-0.05, 0) is 24.6 Å². The molecule has 2 atom stereocenters. The molecule has 1 aliphatic heterocycles. The number of alkyl halides is 1. The van der Waals surface area contributed by atoms with E-state index in [4.69, 9.17) is 39.8 Å². The molecule has 1 aromatic carbocycles. The van der Waals surface area contributed by atoms with Gasteiger partial charge in [-0.3, -0.25) is 0 Å². The van der Waals surface area contributed by atoms with Gasteiger partial charge in [0.15, 0.2) is 5.13 Å². The van der Waals surface area contributed by atoms with Crippen LogP contribution in [0.2, 0.25) is 10.0 Å². The van der Waals surface area contributed by atoms with E-state index in [0.717, 1.165) is 16.4 Å². The predicted octanol–water partition coefficient (Wildman–Crippen LogP) is 4.98. The van der Waals surface area contributed by atoms with Gasteiger partial charge in [-0.25, -0.2) is 13.4 Å². The van der Waals surface area contributed by atoms with Crippen LogP contribution in [0.1, 0.15) is 18.2 Å². The summed E-state index contributed by atoms with van der Waals surface area (Å²) in [5.41, 5.74) is 1.90. The molecule has 0 N–H and O–H groups in total. The first kappa shape index (κ1) is 23.1. The lowest BCUT2D eigenvalue weighted by Crippen LogP contribution is -2.54. The number of benzene rings is 1. The molecule has 0 radical (unpaired) electrons. The summed E-state index contributed by atoms with van der Waals surface area (Å²) in [5.74, 6) is 0. The highest BCUT2D eigenvalue weighted by Crippen LogP contribution is 2.33. The van der Waals surface area contributed by atoms with Crippen molar-refractivity contribution >= 4 is 61.3 Å².